The number of hydrogen-bond donors (Lipinski definition) is 1. The Morgan fingerprint density at radius 2 is 1.57 bits per heavy atom. The van der Waals surface area contributed by atoms with Gasteiger partial charge in [-0.2, -0.15) is 0 Å². The summed E-state index contributed by atoms with van der Waals surface area (Å²) in [7, 11) is 3.10. The van der Waals surface area contributed by atoms with Crippen molar-refractivity contribution in [3.8, 4) is 11.5 Å². The Balaban J connectivity index is 1.79. The van der Waals surface area contributed by atoms with Crippen LogP contribution in [0, 0.1) is 0 Å². The summed E-state index contributed by atoms with van der Waals surface area (Å²) < 4.78 is 10.6. The van der Waals surface area contributed by atoms with E-state index in [2.05, 4.69) is 5.32 Å². The van der Waals surface area contributed by atoms with Crippen LogP contribution in [0.15, 0.2) is 66.7 Å². The van der Waals surface area contributed by atoms with Gasteiger partial charge in [0.15, 0.2) is 11.5 Å². The van der Waals surface area contributed by atoms with Gasteiger partial charge in [-0.15, -0.1) is 0 Å². The van der Waals surface area contributed by atoms with E-state index in [1.54, 1.807) is 56.4 Å². The molecule has 0 aromatic heterocycles. The van der Waals surface area contributed by atoms with Gasteiger partial charge >= 0.3 is 0 Å². The first-order valence-corrected chi connectivity index (χ1v) is 11.8. The van der Waals surface area contributed by atoms with Crippen LogP contribution in [0.4, 0.5) is 0 Å². The van der Waals surface area contributed by atoms with E-state index in [-0.39, 0.29) is 31.3 Å². The van der Waals surface area contributed by atoms with Crippen LogP contribution in [-0.2, 0) is 29.1 Å². The van der Waals surface area contributed by atoms with Gasteiger partial charge < -0.3 is 19.7 Å². The van der Waals surface area contributed by atoms with E-state index in [0.717, 1.165) is 16.7 Å². The molecule has 0 radical (unpaired) electrons. The molecule has 0 aliphatic carbocycles. The van der Waals surface area contributed by atoms with Crippen molar-refractivity contribution in [1.82, 2.24) is 10.2 Å². The Morgan fingerprint density at radius 3 is 2.23 bits per heavy atom. The summed E-state index contributed by atoms with van der Waals surface area (Å²) in [6.07, 6.45) is 0.0933. The molecule has 35 heavy (non-hydrogen) atoms. The molecular weight excluding hydrogens is 487 g/mol. The first-order chi connectivity index (χ1) is 16.8. The fourth-order valence-corrected chi connectivity index (χ4v) is 3.94. The number of rotatable bonds is 10. The number of halogens is 2. The molecule has 3 rings (SSSR count). The fourth-order valence-electron chi connectivity index (χ4n) is 3.61. The van der Waals surface area contributed by atoms with Crippen molar-refractivity contribution < 1.29 is 19.1 Å². The molecule has 0 aliphatic heterocycles. The van der Waals surface area contributed by atoms with Crippen LogP contribution in [0.1, 0.15) is 23.6 Å². The molecule has 0 saturated heterocycles. The third-order valence-corrected chi connectivity index (χ3v) is 6.27. The first-order valence-electron chi connectivity index (χ1n) is 11.1. The number of carbonyl (C=O) groups is 2. The van der Waals surface area contributed by atoms with Crippen molar-refractivity contribution in [2.45, 2.75) is 32.5 Å². The van der Waals surface area contributed by atoms with Crippen LogP contribution in [0.3, 0.4) is 0 Å². The van der Waals surface area contributed by atoms with Gasteiger partial charge in [-0.25, -0.2) is 0 Å². The van der Waals surface area contributed by atoms with Crippen LogP contribution in [0.2, 0.25) is 10.0 Å². The minimum absolute atomic E-state index is 0.0933. The predicted molar refractivity (Wildman–Crippen MR) is 138 cm³/mol. The Bertz CT molecular complexity index is 1170. The molecule has 0 bridgehead atoms. The van der Waals surface area contributed by atoms with Gasteiger partial charge in [0.1, 0.15) is 6.04 Å². The molecule has 1 N–H and O–H groups in total. The second-order valence-electron chi connectivity index (χ2n) is 8.00. The molecule has 3 aromatic rings. The van der Waals surface area contributed by atoms with Gasteiger partial charge in [-0.3, -0.25) is 9.59 Å². The second-order valence-corrected chi connectivity index (χ2v) is 8.84. The van der Waals surface area contributed by atoms with Crippen molar-refractivity contribution in [1.29, 1.82) is 0 Å². The van der Waals surface area contributed by atoms with E-state index in [4.69, 9.17) is 32.7 Å². The molecule has 8 heteroatoms. The molecule has 0 saturated carbocycles. The Labute approximate surface area is 215 Å². The maximum Gasteiger partial charge on any atom is 0.242 e. The number of nitrogens with zero attached hydrogens (tertiary/aromatic N) is 1. The number of amides is 2. The smallest absolute Gasteiger partial charge is 0.242 e. The average molecular weight is 515 g/mol. The van der Waals surface area contributed by atoms with E-state index >= 15 is 0 Å². The summed E-state index contributed by atoms with van der Waals surface area (Å²) in [5.41, 5.74) is 2.41. The SMILES string of the molecule is COc1ccc(CC(=O)N(Cc2ccc(Cl)cc2)[C@@H](C)C(=O)NCc2ccccc2Cl)cc1OC. The van der Waals surface area contributed by atoms with Crippen molar-refractivity contribution >= 4 is 35.0 Å². The number of benzene rings is 3. The topological polar surface area (TPSA) is 67.9 Å². The highest BCUT2D eigenvalue weighted by Gasteiger charge is 2.26. The zero-order valence-electron chi connectivity index (χ0n) is 19.9. The zero-order valence-corrected chi connectivity index (χ0v) is 21.4. The summed E-state index contributed by atoms with van der Waals surface area (Å²) in [5, 5.41) is 4.06. The molecule has 0 aliphatic rings. The monoisotopic (exact) mass is 514 g/mol. The van der Waals surface area contributed by atoms with Gasteiger partial charge in [-0.1, -0.05) is 59.6 Å². The summed E-state index contributed by atoms with van der Waals surface area (Å²) >= 11 is 12.2. The number of hydrogen-bond acceptors (Lipinski definition) is 4. The molecule has 0 fully saturated rings. The second kappa shape index (κ2) is 12.5. The summed E-state index contributed by atoms with van der Waals surface area (Å²) in [4.78, 5) is 28.0. The molecule has 6 nitrogen and oxygen atoms in total. The lowest BCUT2D eigenvalue weighted by molar-refractivity contribution is -0.140. The summed E-state index contributed by atoms with van der Waals surface area (Å²) in [6.45, 7) is 2.23. The predicted octanol–water partition coefficient (Wildman–Crippen LogP) is 5.29. The minimum atomic E-state index is -0.721. The Hall–Kier alpha value is -3.22. The van der Waals surface area contributed by atoms with E-state index in [1.165, 1.54) is 0 Å². The molecule has 1 atom stereocenters. The molecule has 0 heterocycles. The van der Waals surface area contributed by atoms with Crippen LogP contribution < -0.4 is 14.8 Å². The highest BCUT2D eigenvalue weighted by molar-refractivity contribution is 6.31. The number of methoxy groups -OCH3 is 2. The quantitative estimate of drug-likeness (QED) is 0.399. The van der Waals surface area contributed by atoms with Gasteiger partial charge in [0.2, 0.25) is 11.8 Å². The maximum atomic E-state index is 13.4. The van der Waals surface area contributed by atoms with Crippen LogP contribution in [-0.4, -0.2) is 37.0 Å². The molecular formula is C27H28Cl2N2O4. The van der Waals surface area contributed by atoms with Gasteiger partial charge in [0, 0.05) is 23.1 Å². The zero-order chi connectivity index (χ0) is 25.4. The maximum absolute atomic E-state index is 13.4. The number of ether oxygens (including phenoxy) is 2. The normalized spacial score (nSPS) is 11.5. The fraction of sp³-hybridized carbons (Fsp3) is 0.259. The van der Waals surface area contributed by atoms with Crippen molar-refractivity contribution in [3.63, 3.8) is 0 Å². The van der Waals surface area contributed by atoms with Crippen LogP contribution in [0.25, 0.3) is 0 Å². The van der Waals surface area contributed by atoms with Gasteiger partial charge in [0.05, 0.1) is 20.6 Å². The van der Waals surface area contributed by atoms with E-state index in [1.807, 2.05) is 36.4 Å². The third-order valence-electron chi connectivity index (χ3n) is 5.65. The number of carbonyl (C=O) groups excluding carboxylic acids is 2. The minimum Gasteiger partial charge on any atom is -0.493 e. The van der Waals surface area contributed by atoms with Crippen LogP contribution >= 0.6 is 23.2 Å². The lowest BCUT2D eigenvalue weighted by Gasteiger charge is -2.29. The molecule has 184 valence electrons. The lowest BCUT2D eigenvalue weighted by atomic mass is 10.1. The van der Waals surface area contributed by atoms with Crippen molar-refractivity contribution in [3.05, 3.63) is 93.5 Å². The van der Waals surface area contributed by atoms with Crippen LogP contribution in [0.5, 0.6) is 11.5 Å². The van der Waals surface area contributed by atoms with Gasteiger partial charge in [-0.05, 0) is 53.9 Å². The Morgan fingerprint density at radius 1 is 0.914 bits per heavy atom. The molecule has 0 spiro atoms. The number of nitrogens with one attached hydrogen (secondary N) is 1. The van der Waals surface area contributed by atoms with Crippen molar-refractivity contribution in [2.24, 2.45) is 0 Å². The average Bonchev–Trinajstić information content (AvgIpc) is 2.87. The standard InChI is InChI=1S/C27H28Cl2N2O4/c1-18(27(33)30-16-21-6-4-5-7-23(21)29)31(17-19-8-11-22(28)12-9-19)26(32)15-20-10-13-24(34-2)25(14-20)35-3/h4-14,18H,15-17H2,1-3H3,(H,30,33)/t18-/m0/s1. The largest absolute Gasteiger partial charge is 0.493 e. The third kappa shape index (κ3) is 7.13. The molecule has 3 aromatic carbocycles. The van der Waals surface area contributed by atoms with Gasteiger partial charge in [0.25, 0.3) is 0 Å². The molecule has 2 amide bonds. The molecule has 0 unspecified atom stereocenters. The highest BCUT2D eigenvalue weighted by Crippen LogP contribution is 2.28. The Kier molecular flexibility index (Phi) is 9.40. The lowest BCUT2D eigenvalue weighted by Crippen LogP contribution is -2.48. The van der Waals surface area contributed by atoms with E-state index in [9.17, 15) is 9.59 Å². The van der Waals surface area contributed by atoms with E-state index in [0.29, 0.717) is 21.5 Å². The van der Waals surface area contributed by atoms with Crippen molar-refractivity contribution in [2.75, 3.05) is 14.2 Å². The van der Waals surface area contributed by atoms with E-state index < -0.39 is 6.04 Å². The highest BCUT2D eigenvalue weighted by atomic mass is 35.5. The first kappa shape index (κ1) is 26.4. The summed E-state index contributed by atoms with van der Waals surface area (Å²) in [6, 6.07) is 19.1. The summed E-state index contributed by atoms with van der Waals surface area (Å²) in [5.74, 6) is 0.633.